The van der Waals surface area contributed by atoms with Crippen molar-refractivity contribution in [2.45, 2.75) is 77.3 Å². The molecule has 0 saturated heterocycles. The zero-order chi connectivity index (χ0) is 15.0. The van der Waals surface area contributed by atoms with Crippen LogP contribution in [0.3, 0.4) is 0 Å². The van der Waals surface area contributed by atoms with Gasteiger partial charge in [0.1, 0.15) is 5.54 Å². The van der Waals surface area contributed by atoms with E-state index in [1.165, 1.54) is 32.1 Å². The second-order valence-corrected chi connectivity index (χ2v) is 6.19. The SMILES string of the molecule is CCNC(C)(CCCN(CC)C1CCCCC1)C(=O)O. The van der Waals surface area contributed by atoms with Crippen LogP contribution in [0.25, 0.3) is 0 Å². The Morgan fingerprint density at radius 3 is 2.45 bits per heavy atom. The molecule has 1 fully saturated rings. The molecule has 1 aliphatic rings. The first kappa shape index (κ1) is 17.4. The highest BCUT2D eigenvalue weighted by Crippen LogP contribution is 2.23. The largest absolute Gasteiger partial charge is 0.480 e. The van der Waals surface area contributed by atoms with Crippen LogP contribution in [0.4, 0.5) is 0 Å². The molecular weight excluding hydrogens is 252 g/mol. The van der Waals surface area contributed by atoms with Gasteiger partial charge in [-0.3, -0.25) is 4.79 Å². The third-order valence-corrected chi connectivity index (χ3v) is 4.66. The van der Waals surface area contributed by atoms with E-state index in [9.17, 15) is 9.90 Å². The van der Waals surface area contributed by atoms with Crippen molar-refractivity contribution < 1.29 is 9.90 Å². The molecule has 0 aliphatic heterocycles. The van der Waals surface area contributed by atoms with Gasteiger partial charge in [-0.1, -0.05) is 33.1 Å². The van der Waals surface area contributed by atoms with E-state index in [1.54, 1.807) is 6.92 Å². The van der Waals surface area contributed by atoms with Crippen molar-refractivity contribution in [3.8, 4) is 0 Å². The van der Waals surface area contributed by atoms with E-state index < -0.39 is 11.5 Å². The number of nitrogens with zero attached hydrogens (tertiary/aromatic N) is 1. The van der Waals surface area contributed by atoms with E-state index in [4.69, 9.17) is 0 Å². The van der Waals surface area contributed by atoms with Crippen molar-refractivity contribution in [2.75, 3.05) is 19.6 Å². The first-order valence-electron chi connectivity index (χ1n) is 8.26. The molecule has 1 unspecified atom stereocenters. The zero-order valence-corrected chi connectivity index (χ0v) is 13.5. The Labute approximate surface area is 123 Å². The number of aliphatic carboxylic acids is 1. The number of rotatable bonds is 9. The van der Waals surface area contributed by atoms with Crippen molar-refractivity contribution >= 4 is 5.97 Å². The van der Waals surface area contributed by atoms with Gasteiger partial charge in [0.25, 0.3) is 0 Å². The van der Waals surface area contributed by atoms with Crippen LogP contribution >= 0.6 is 0 Å². The van der Waals surface area contributed by atoms with Gasteiger partial charge in [0.05, 0.1) is 0 Å². The Bertz CT molecular complexity index is 290. The molecule has 0 aromatic heterocycles. The Balaban J connectivity index is 2.41. The minimum Gasteiger partial charge on any atom is -0.480 e. The first-order chi connectivity index (χ1) is 9.53. The molecule has 118 valence electrons. The van der Waals surface area contributed by atoms with E-state index in [-0.39, 0.29) is 0 Å². The lowest BCUT2D eigenvalue weighted by atomic mass is 9.92. The summed E-state index contributed by atoms with van der Waals surface area (Å²) in [4.78, 5) is 13.9. The number of carboxylic acids is 1. The Kier molecular flexibility index (Phi) is 7.52. The predicted octanol–water partition coefficient (Wildman–Crippen LogP) is 2.87. The number of likely N-dealkylation sites (N-methyl/N-ethyl adjacent to an activating group) is 1. The first-order valence-corrected chi connectivity index (χ1v) is 8.26. The van der Waals surface area contributed by atoms with Crippen LogP contribution in [0.1, 0.15) is 65.7 Å². The summed E-state index contributed by atoms with van der Waals surface area (Å²) in [6.45, 7) is 8.78. The lowest BCUT2D eigenvalue weighted by molar-refractivity contribution is -0.144. The van der Waals surface area contributed by atoms with Gasteiger partial charge in [-0.05, 0) is 52.2 Å². The van der Waals surface area contributed by atoms with Gasteiger partial charge in [-0.15, -0.1) is 0 Å². The molecule has 4 nitrogen and oxygen atoms in total. The van der Waals surface area contributed by atoms with Crippen molar-refractivity contribution in [3.63, 3.8) is 0 Å². The summed E-state index contributed by atoms with van der Waals surface area (Å²) in [5.41, 5.74) is -0.777. The normalized spacial score (nSPS) is 20.0. The minimum absolute atomic E-state index is 0.694. The van der Waals surface area contributed by atoms with E-state index in [2.05, 4.69) is 17.1 Å². The van der Waals surface area contributed by atoms with E-state index in [1.807, 2.05) is 6.92 Å². The molecule has 1 saturated carbocycles. The van der Waals surface area contributed by atoms with Gasteiger partial charge in [0.2, 0.25) is 0 Å². The predicted molar refractivity (Wildman–Crippen MR) is 83.1 cm³/mol. The smallest absolute Gasteiger partial charge is 0.323 e. The molecule has 1 aliphatic carbocycles. The molecule has 0 bridgehead atoms. The van der Waals surface area contributed by atoms with Gasteiger partial charge in [-0.25, -0.2) is 0 Å². The standard InChI is InChI=1S/C16H32N2O2/c1-4-17-16(3,15(19)20)12-9-13-18(5-2)14-10-7-6-8-11-14/h14,17H,4-13H2,1-3H3,(H,19,20). The van der Waals surface area contributed by atoms with E-state index in [0.29, 0.717) is 13.0 Å². The highest BCUT2D eigenvalue weighted by molar-refractivity contribution is 5.78. The third-order valence-electron chi connectivity index (χ3n) is 4.66. The van der Waals surface area contributed by atoms with Gasteiger partial charge in [0.15, 0.2) is 0 Å². The molecule has 2 N–H and O–H groups in total. The molecule has 20 heavy (non-hydrogen) atoms. The molecule has 0 spiro atoms. The van der Waals surface area contributed by atoms with Crippen LogP contribution in [0.5, 0.6) is 0 Å². The quantitative estimate of drug-likeness (QED) is 0.683. The van der Waals surface area contributed by atoms with Gasteiger partial charge < -0.3 is 15.3 Å². The molecule has 4 heteroatoms. The summed E-state index contributed by atoms with van der Waals surface area (Å²) in [5.74, 6) is -0.736. The fourth-order valence-corrected chi connectivity index (χ4v) is 3.34. The fourth-order valence-electron chi connectivity index (χ4n) is 3.34. The average Bonchev–Trinajstić information content (AvgIpc) is 2.44. The molecule has 0 amide bonds. The van der Waals surface area contributed by atoms with Crippen molar-refractivity contribution in [2.24, 2.45) is 0 Å². The fraction of sp³-hybridized carbons (Fsp3) is 0.938. The maximum Gasteiger partial charge on any atom is 0.323 e. The average molecular weight is 284 g/mol. The van der Waals surface area contributed by atoms with Crippen LogP contribution in [0.15, 0.2) is 0 Å². The molecule has 0 radical (unpaired) electrons. The number of nitrogens with one attached hydrogen (secondary N) is 1. The van der Waals surface area contributed by atoms with E-state index in [0.717, 1.165) is 25.6 Å². The topological polar surface area (TPSA) is 52.6 Å². The highest BCUT2D eigenvalue weighted by atomic mass is 16.4. The van der Waals surface area contributed by atoms with Crippen LogP contribution in [-0.2, 0) is 4.79 Å². The third kappa shape index (κ3) is 5.06. The molecular formula is C16H32N2O2. The Hall–Kier alpha value is -0.610. The summed E-state index contributed by atoms with van der Waals surface area (Å²) in [6.07, 6.45) is 8.36. The lowest BCUT2D eigenvalue weighted by Gasteiger charge is -2.34. The highest BCUT2D eigenvalue weighted by Gasteiger charge is 2.31. The monoisotopic (exact) mass is 284 g/mol. The maximum atomic E-state index is 11.4. The van der Waals surface area contributed by atoms with Gasteiger partial charge in [0, 0.05) is 6.04 Å². The summed E-state index contributed by atoms with van der Waals surface area (Å²) in [5, 5.41) is 12.5. The summed E-state index contributed by atoms with van der Waals surface area (Å²) in [7, 11) is 0. The second kappa shape index (κ2) is 8.63. The minimum atomic E-state index is -0.777. The van der Waals surface area contributed by atoms with Gasteiger partial charge >= 0.3 is 5.97 Å². The van der Waals surface area contributed by atoms with Crippen molar-refractivity contribution in [1.82, 2.24) is 10.2 Å². The number of carbonyl (C=O) groups is 1. The number of hydrogen-bond acceptors (Lipinski definition) is 3. The Morgan fingerprint density at radius 2 is 1.95 bits per heavy atom. The lowest BCUT2D eigenvalue weighted by Crippen LogP contribution is -2.50. The van der Waals surface area contributed by atoms with Crippen molar-refractivity contribution in [1.29, 1.82) is 0 Å². The molecule has 0 aromatic carbocycles. The molecule has 0 heterocycles. The van der Waals surface area contributed by atoms with Crippen LogP contribution < -0.4 is 5.32 Å². The molecule has 1 atom stereocenters. The van der Waals surface area contributed by atoms with E-state index >= 15 is 0 Å². The molecule has 1 rings (SSSR count). The summed E-state index contributed by atoms with van der Waals surface area (Å²) < 4.78 is 0. The maximum absolute atomic E-state index is 11.4. The molecule has 0 aromatic rings. The second-order valence-electron chi connectivity index (χ2n) is 6.19. The van der Waals surface area contributed by atoms with Crippen LogP contribution in [0, 0.1) is 0 Å². The summed E-state index contributed by atoms with van der Waals surface area (Å²) in [6, 6.07) is 0.726. The van der Waals surface area contributed by atoms with Crippen molar-refractivity contribution in [3.05, 3.63) is 0 Å². The Morgan fingerprint density at radius 1 is 1.30 bits per heavy atom. The van der Waals surface area contributed by atoms with Crippen LogP contribution in [0.2, 0.25) is 0 Å². The number of carboxylic acid groups (broad SMARTS) is 1. The van der Waals surface area contributed by atoms with Crippen LogP contribution in [-0.4, -0.2) is 47.2 Å². The summed E-state index contributed by atoms with van der Waals surface area (Å²) >= 11 is 0. The zero-order valence-electron chi connectivity index (χ0n) is 13.5. The number of hydrogen-bond donors (Lipinski definition) is 2. The van der Waals surface area contributed by atoms with Gasteiger partial charge in [-0.2, -0.15) is 0 Å².